The minimum atomic E-state index is -0.625. The maximum absolute atomic E-state index is 12.3. The molecule has 9 heteroatoms. The van der Waals surface area contributed by atoms with Gasteiger partial charge in [-0.3, -0.25) is 14.4 Å². The van der Waals surface area contributed by atoms with E-state index in [1.54, 1.807) is 14.0 Å². The Bertz CT molecular complexity index is 1100. The van der Waals surface area contributed by atoms with Crippen molar-refractivity contribution < 1.29 is 14.4 Å². The van der Waals surface area contributed by atoms with Gasteiger partial charge in [0.05, 0.1) is 11.4 Å². The summed E-state index contributed by atoms with van der Waals surface area (Å²) in [6.45, 7) is 7.51. The van der Waals surface area contributed by atoms with E-state index in [4.69, 9.17) is 10.7 Å². The number of amides is 3. The highest BCUT2D eigenvalue weighted by Crippen LogP contribution is 2.41. The van der Waals surface area contributed by atoms with Gasteiger partial charge in [-0.1, -0.05) is 25.6 Å². The van der Waals surface area contributed by atoms with Gasteiger partial charge in [0.1, 0.15) is 6.04 Å². The second-order valence-corrected chi connectivity index (χ2v) is 8.44. The lowest BCUT2D eigenvalue weighted by molar-refractivity contribution is -0.135. The van der Waals surface area contributed by atoms with Gasteiger partial charge < -0.3 is 21.3 Å². The van der Waals surface area contributed by atoms with Crippen LogP contribution in [0.3, 0.4) is 0 Å². The second kappa shape index (κ2) is 10.9. The maximum atomic E-state index is 12.3. The number of carbonyl (C=O) groups is 3. The van der Waals surface area contributed by atoms with Crippen LogP contribution in [0.4, 0.5) is 11.5 Å². The number of aryl methyl sites for hydroxylation is 1. The molecule has 0 saturated heterocycles. The van der Waals surface area contributed by atoms with Crippen molar-refractivity contribution in [3.63, 3.8) is 0 Å². The van der Waals surface area contributed by atoms with Crippen molar-refractivity contribution in [2.45, 2.75) is 51.5 Å². The molecule has 1 aromatic carbocycles. The van der Waals surface area contributed by atoms with Gasteiger partial charge >= 0.3 is 0 Å². The van der Waals surface area contributed by atoms with E-state index in [0.717, 1.165) is 35.5 Å². The lowest BCUT2D eigenvalue weighted by Crippen LogP contribution is -2.45. The molecule has 0 bridgehead atoms. The minimum Gasteiger partial charge on any atom is -0.364 e. The molecule has 0 spiro atoms. The van der Waals surface area contributed by atoms with Gasteiger partial charge in [0.2, 0.25) is 11.8 Å². The van der Waals surface area contributed by atoms with E-state index in [0.29, 0.717) is 31.1 Å². The van der Waals surface area contributed by atoms with Crippen molar-refractivity contribution in [2.24, 2.45) is 5.73 Å². The smallest absolute Gasteiger partial charge is 0.271 e. The lowest BCUT2D eigenvalue weighted by atomic mass is 10.1. The Balaban J connectivity index is 1.68. The molecule has 1 heterocycles. The summed E-state index contributed by atoms with van der Waals surface area (Å²) in [5.74, 6) is -0.419. The Morgan fingerprint density at radius 1 is 1.29 bits per heavy atom. The molecule has 0 aliphatic heterocycles. The van der Waals surface area contributed by atoms with Gasteiger partial charge in [0.25, 0.3) is 5.91 Å². The number of hydrogen-bond acceptors (Lipinski definition) is 6. The van der Waals surface area contributed by atoms with E-state index >= 15 is 0 Å². The SMILES string of the molecule is C=CC(=O)N(C)[C@@H](C)C(=O)NCCc1cccc(Nc2nc(C3CC3)c(CC)nc2C(N)=O)c1. The number of benzene rings is 1. The average Bonchev–Trinajstić information content (AvgIpc) is 3.67. The topological polar surface area (TPSA) is 130 Å². The molecule has 1 atom stereocenters. The number of rotatable bonds is 11. The summed E-state index contributed by atoms with van der Waals surface area (Å²) in [5.41, 5.74) is 9.19. The predicted octanol–water partition coefficient (Wildman–Crippen LogP) is 2.45. The third kappa shape index (κ3) is 5.98. The highest BCUT2D eigenvalue weighted by molar-refractivity contribution is 5.96. The molecule has 3 amide bonds. The third-order valence-corrected chi connectivity index (χ3v) is 5.92. The first-order chi connectivity index (χ1) is 16.2. The van der Waals surface area contributed by atoms with Crippen LogP contribution in [0.15, 0.2) is 36.9 Å². The Morgan fingerprint density at radius 2 is 2.03 bits per heavy atom. The van der Waals surface area contributed by atoms with Crippen molar-refractivity contribution in [2.75, 3.05) is 18.9 Å². The zero-order valence-electron chi connectivity index (χ0n) is 19.9. The summed E-state index contributed by atoms with van der Waals surface area (Å²) in [4.78, 5) is 46.6. The lowest BCUT2D eigenvalue weighted by Gasteiger charge is -2.22. The fourth-order valence-electron chi connectivity index (χ4n) is 3.62. The monoisotopic (exact) mass is 464 g/mol. The molecule has 1 fully saturated rings. The Labute approximate surface area is 199 Å². The number of nitrogens with zero attached hydrogens (tertiary/aromatic N) is 3. The zero-order chi connectivity index (χ0) is 24.8. The normalized spacial score (nSPS) is 13.6. The molecule has 1 saturated carbocycles. The molecule has 2 aromatic rings. The summed E-state index contributed by atoms with van der Waals surface area (Å²) in [6.07, 6.45) is 4.61. The summed E-state index contributed by atoms with van der Waals surface area (Å²) < 4.78 is 0. The van der Waals surface area contributed by atoms with E-state index in [2.05, 4.69) is 22.2 Å². The molecule has 1 aliphatic carbocycles. The van der Waals surface area contributed by atoms with Crippen molar-refractivity contribution in [3.05, 3.63) is 59.6 Å². The van der Waals surface area contributed by atoms with Crippen LogP contribution in [-0.4, -0.2) is 52.2 Å². The van der Waals surface area contributed by atoms with E-state index in [9.17, 15) is 14.4 Å². The number of nitrogens with one attached hydrogen (secondary N) is 2. The number of nitrogens with two attached hydrogens (primary N) is 1. The molecule has 3 rings (SSSR count). The van der Waals surface area contributed by atoms with Gasteiger partial charge in [0.15, 0.2) is 11.5 Å². The predicted molar refractivity (Wildman–Crippen MR) is 131 cm³/mol. The van der Waals surface area contributed by atoms with Gasteiger partial charge in [-0.05, 0) is 56.4 Å². The van der Waals surface area contributed by atoms with Gasteiger partial charge in [-0.25, -0.2) is 9.97 Å². The van der Waals surface area contributed by atoms with Crippen LogP contribution < -0.4 is 16.4 Å². The number of likely N-dealkylation sites (N-methyl/N-ethyl adjacent to an activating group) is 1. The molecule has 1 aromatic heterocycles. The summed E-state index contributed by atoms with van der Waals surface area (Å²) >= 11 is 0. The van der Waals surface area contributed by atoms with Gasteiger partial charge in [-0.15, -0.1) is 0 Å². The number of anilines is 2. The first-order valence-corrected chi connectivity index (χ1v) is 11.5. The van der Waals surface area contributed by atoms with Gasteiger partial charge in [-0.2, -0.15) is 0 Å². The summed E-state index contributed by atoms with van der Waals surface area (Å²) in [5, 5.41) is 6.06. The maximum Gasteiger partial charge on any atom is 0.271 e. The molecule has 9 nitrogen and oxygen atoms in total. The molecular formula is C25H32N6O3. The van der Waals surface area contributed by atoms with Crippen molar-refractivity contribution in [3.8, 4) is 0 Å². The second-order valence-electron chi connectivity index (χ2n) is 8.44. The Morgan fingerprint density at radius 3 is 2.65 bits per heavy atom. The molecule has 1 aliphatic rings. The summed E-state index contributed by atoms with van der Waals surface area (Å²) in [6, 6.07) is 7.04. The molecule has 34 heavy (non-hydrogen) atoms. The quantitative estimate of drug-likeness (QED) is 0.438. The highest BCUT2D eigenvalue weighted by atomic mass is 16.2. The molecular weight excluding hydrogens is 432 g/mol. The number of carbonyl (C=O) groups excluding carboxylic acids is 3. The van der Waals surface area contributed by atoms with E-state index in [1.165, 1.54) is 11.0 Å². The van der Waals surface area contributed by atoms with Crippen molar-refractivity contribution in [1.82, 2.24) is 20.2 Å². The molecule has 4 N–H and O–H groups in total. The van der Waals surface area contributed by atoms with Crippen molar-refractivity contribution in [1.29, 1.82) is 0 Å². The zero-order valence-corrected chi connectivity index (χ0v) is 19.9. The molecule has 180 valence electrons. The van der Waals surface area contributed by atoms with Gasteiger partial charge in [0, 0.05) is 25.2 Å². The average molecular weight is 465 g/mol. The minimum absolute atomic E-state index is 0.131. The van der Waals surface area contributed by atoms with Crippen LogP contribution in [0, 0.1) is 0 Å². The highest BCUT2D eigenvalue weighted by Gasteiger charge is 2.30. The Kier molecular flexibility index (Phi) is 7.99. The number of aromatic nitrogens is 2. The largest absolute Gasteiger partial charge is 0.364 e. The van der Waals surface area contributed by atoms with E-state index in [1.807, 2.05) is 31.2 Å². The standard InChI is InChI=1S/C25H32N6O3/c1-5-19-21(17-10-11-17)30-24(22(29-19)23(26)33)28-18-9-7-8-16(14-18)12-13-27-25(34)15(3)31(4)20(32)6-2/h6-9,14-15,17H,2,5,10-13H2,1,3-4H3,(H2,26,33)(H,27,34)(H,28,30)/t15-/m0/s1. The fraction of sp³-hybridized carbons (Fsp3) is 0.400. The summed E-state index contributed by atoms with van der Waals surface area (Å²) in [7, 11) is 1.56. The third-order valence-electron chi connectivity index (χ3n) is 5.92. The molecule has 0 unspecified atom stereocenters. The van der Waals surface area contributed by atoms with E-state index < -0.39 is 11.9 Å². The number of hydrogen-bond donors (Lipinski definition) is 3. The fourth-order valence-corrected chi connectivity index (χ4v) is 3.62. The van der Waals surface area contributed by atoms with Crippen LogP contribution in [-0.2, 0) is 22.4 Å². The van der Waals surface area contributed by atoms with Crippen LogP contribution in [0.5, 0.6) is 0 Å². The van der Waals surface area contributed by atoms with Crippen LogP contribution in [0.1, 0.15) is 60.0 Å². The van der Waals surface area contributed by atoms with E-state index in [-0.39, 0.29) is 17.5 Å². The van der Waals surface area contributed by atoms with Crippen molar-refractivity contribution >= 4 is 29.2 Å². The van der Waals surface area contributed by atoms with Crippen LogP contribution >= 0.6 is 0 Å². The number of primary amides is 1. The first-order valence-electron chi connectivity index (χ1n) is 11.5. The first kappa shape index (κ1) is 24.9. The van der Waals surface area contributed by atoms with Crippen LogP contribution in [0.25, 0.3) is 0 Å². The Hall–Kier alpha value is -3.75. The molecule has 0 radical (unpaired) electrons. The van der Waals surface area contributed by atoms with Crippen LogP contribution in [0.2, 0.25) is 0 Å².